The summed E-state index contributed by atoms with van der Waals surface area (Å²) in [6, 6.07) is 20.5. The van der Waals surface area contributed by atoms with Crippen molar-refractivity contribution in [2.24, 2.45) is 15.2 Å². The molecule has 4 aromatic rings. The number of carbonyl (C=O) groups excluding carboxylic acids is 3. The molecule has 3 aromatic carbocycles. The fourth-order valence-electron chi connectivity index (χ4n) is 4.68. The third kappa shape index (κ3) is 6.06. The molecule has 0 fully saturated rings. The van der Waals surface area contributed by atoms with Gasteiger partial charge in [-0.25, -0.2) is 4.79 Å². The molecule has 1 atom stereocenters. The number of hydrogen-bond acceptors (Lipinski definition) is 7. The van der Waals surface area contributed by atoms with Crippen LogP contribution in [0.4, 0.5) is 0 Å². The van der Waals surface area contributed by atoms with Crippen molar-refractivity contribution in [1.82, 2.24) is 9.88 Å². The van der Waals surface area contributed by atoms with Gasteiger partial charge in [0.1, 0.15) is 6.04 Å². The number of ether oxygens (including phenoxy) is 2. The minimum Gasteiger partial charge on any atom is -0.469 e. The highest BCUT2D eigenvalue weighted by Gasteiger charge is 2.23. The van der Waals surface area contributed by atoms with Crippen LogP contribution < -0.4 is 5.32 Å². The second kappa shape index (κ2) is 12.8. The first-order chi connectivity index (χ1) is 19.4. The second-order valence-corrected chi connectivity index (χ2v) is 9.05. The Kier molecular flexibility index (Phi) is 9.00. The van der Waals surface area contributed by atoms with Crippen molar-refractivity contribution in [3.63, 3.8) is 0 Å². The number of amidine groups is 1. The van der Waals surface area contributed by atoms with Gasteiger partial charge in [-0.05, 0) is 48.4 Å². The van der Waals surface area contributed by atoms with Crippen molar-refractivity contribution < 1.29 is 23.9 Å². The lowest BCUT2D eigenvalue weighted by molar-refractivity contribution is -0.144. The highest BCUT2D eigenvalue weighted by molar-refractivity contribution is 6.11. The topological polar surface area (TPSA) is 124 Å². The summed E-state index contributed by atoms with van der Waals surface area (Å²) in [5.41, 5.74) is 4.23. The number of fused-ring (bicyclic) bond motifs is 3. The number of methoxy groups -OCH3 is 2. The number of esters is 2. The molecular weight excluding hydrogens is 510 g/mol. The van der Waals surface area contributed by atoms with E-state index in [0.29, 0.717) is 17.9 Å². The third-order valence-electron chi connectivity index (χ3n) is 6.62. The first kappa shape index (κ1) is 28.2. The predicted molar refractivity (Wildman–Crippen MR) is 153 cm³/mol. The van der Waals surface area contributed by atoms with Crippen molar-refractivity contribution in [2.75, 3.05) is 28.3 Å². The lowest BCUT2D eigenvalue weighted by Crippen LogP contribution is -2.41. The van der Waals surface area contributed by atoms with Crippen LogP contribution in [0.3, 0.4) is 0 Å². The Morgan fingerprint density at radius 3 is 2.38 bits per heavy atom. The summed E-state index contributed by atoms with van der Waals surface area (Å²) in [6.07, 6.45) is 0.0389. The molecule has 4 rings (SSSR count). The van der Waals surface area contributed by atoms with E-state index in [4.69, 9.17) is 4.74 Å². The molecule has 0 saturated heterocycles. The molecule has 0 bridgehead atoms. The Labute approximate surface area is 231 Å². The molecule has 1 N–H and O–H groups in total. The first-order valence-electron chi connectivity index (χ1n) is 12.7. The molecule has 10 nitrogen and oxygen atoms in total. The van der Waals surface area contributed by atoms with Gasteiger partial charge in [-0.3, -0.25) is 14.6 Å². The highest BCUT2D eigenvalue weighted by atomic mass is 16.5. The number of benzene rings is 3. The van der Waals surface area contributed by atoms with Crippen molar-refractivity contribution >= 4 is 45.5 Å². The van der Waals surface area contributed by atoms with Crippen LogP contribution >= 0.6 is 0 Å². The quantitative estimate of drug-likeness (QED) is 0.144. The average molecular weight is 542 g/mol. The molecule has 40 heavy (non-hydrogen) atoms. The fraction of sp³-hybridized carbons (Fsp3) is 0.267. The number of rotatable bonds is 9. The summed E-state index contributed by atoms with van der Waals surface area (Å²) in [6.45, 7) is 0.511. The number of amides is 1. The molecule has 1 aromatic heterocycles. The van der Waals surface area contributed by atoms with E-state index in [-0.39, 0.29) is 12.8 Å². The van der Waals surface area contributed by atoms with E-state index in [9.17, 15) is 14.4 Å². The van der Waals surface area contributed by atoms with E-state index in [1.165, 1.54) is 14.2 Å². The molecule has 0 spiro atoms. The predicted octanol–water partition coefficient (Wildman–Crippen LogP) is 4.53. The SMILES string of the molecule is CN=NC(=NC)c1ccc2c(c1)c1ccccc1n2Cc1cccc(C(=O)N[C@@H](CCC(=O)OC)C(=O)OC)c1. The number of para-hydroxylation sites is 1. The van der Waals surface area contributed by atoms with E-state index in [2.05, 4.69) is 48.0 Å². The molecule has 1 heterocycles. The number of aliphatic imine (C=N–C) groups is 1. The second-order valence-electron chi connectivity index (χ2n) is 9.05. The molecule has 10 heteroatoms. The summed E-state index contributed by atoms with van der Waals surface area (Å²) in [7, 11) is 5.80. The maximum atomic E-state index is 13.1. The van der Waals surface area contributed by atoms with Crippen molar-refractivity contribution in [3.8, 4) is 0 Å². The molecular formula is C30H31N5O5. The van der Waals surface area contributed by atoms with Gasteiger partial charge in [0.05, 0.1) is 14.2 Å². The molecule has 0 aliphatic heterocycles. The Hall–Kier alpha value is -4.86. The Bertz CT molecular complexity index is 1620. The van der Waals surface area contributed by atoms with Gasteiger partial charge in [-0.1, -0.05) is 30.3 Å². The molecule has 1 amide bonds. The van der Waals surface area contributed by atoms with Gasteiger partial charge >= 0.3 is 11.9 Å². The summed E-state index contributed by atoms with van der Waals surface area (Å²) < 4.78 is 11.6. The summed E-state index contributed by atoms with van der Waals surface area (Å²) in [5, 5.41) is 12.8. The number of nitrogens with zero attached hydrogens (tertiary/aromatic N) is 4. The Morgan fingerprint density at radius 1 is 0.875 bits per heavy atom. The maximum absolute atomic E-state index is 13.1. The minimum absolute atomic E-state index is 0.0288. The summed E-state index contributed by atoms with van der Waals surface area (Å²) in [5.74, 6) is -0.992. The molecule has 0 unspecified atom stereocenters. The van der Waals surface area contributed by atoms with Crippen LogP contribution in [0.1, 0.15) is 34.3 Å². The number of nitrogens with one attached hydrogen (secondary N) is 1. The van der Waals surface area contributed by atoms with Crippen LogP contribution in [0.5, 0.6) is 0 Å². The lowest BCUT2D eigenvalue weighted by atomic mass is 10.1. The van der Waals surface area contributed by atoms with E-state index in [1.807, 2.05) is 30.3 Å². The van der Waals surface area contributed by atoms with E-state index in [0.717, 1.165) is 32.9 Å². The molecule has 206 valence electrons. The number of azo groups is 1. The van der Waals surface area contributed by atoms with E-state index < -0.39 is 23.9 Å². The van der Waals surface area contributed by atoms with Crippen LogP contribution in [-0.4, -0.2) is 62.6 Å². The Balaban J connectivity index is 1.64. The zero-order valence-corrected chi connectivity index (χ0v) is 22.9. The Morgan fingerprint density at radius 2 is 1.65 bits per heavy atom. The third-order valence-corrected chi connectivity index (χ3v) is 6.62. The van der Waals surface area contributed by atoms with Gasteiger partial charge in [0.15, 0.2) is 5.84 Å². The molecule has 0 saturated carbocycles. The van der Waals surface area contributed by atoms with Crippen molar-refractivity contribution in [1.29, 1.82) is 0 Å². The number of carbonyl (C=O) groups is 3. The zero-order chi connectivity index (χ0) is 28.6. The van der Waals surface area contributed by atoms with Gasteiger partial charge in [-0.15, -0.1) is 5.11 Å². The van der Waals surface area contributed by atoms with Gasteiger partial charge in [-0.2, -0.15) is 5.11 Å². The van der Waals surface area contributed by atoms with E-state index >= 15 is 0 Å². The van der Waals surface area contributed by atoms with Crippen LogP contribution in [-0.2, 0) is 25.6 Å². The molecule has 0 aliphatic rings. The van der Waals surface area contributed by atoms with Gasteiger partial charge < -0.3 is 19.4 Å². The van der Waals surface area contributed by atoms with Gasteiger partial charge in [0.2, 0.25) is 0 Å². The van der Waals surface area contributed by atoms with Gasteiger partial charge in [0, 0.05) is 60.0 Å². The maximum Gasteiger partial charge on any atom is 0.328 e. The standard InChI is InChI=1S/C30H31N5O5/c1-31-28(34-32-2)20-12-14-26-23(17-20)22-10-5-6-11-25(22)35(26)18-19-8-7-9-21(16-19)29(37)33-24(30(38)40-4)13-15-27(36)39-3/h5-12,14,16-17,24H,13,15,18H2,1-4H3,(H,33,37)/t24-/m0/s1. The highest BCUT2D eigenvalue weighted by Crippen LogP contribution is 2.31. The van der Waals surface area contributed by atoms with E-state index in [1.54, 1.807) is 32.3 Å². The zero-order valence-electron chi connectivity index (χ0n) is 22.9. The summed E-state index contributed by atoms with van der Waals surface area (Å²) >= 11 is 0. The molecule has 0 radical (unpaired) electrons. The average Bonchev–Trinajstić information content (AvgIpc) is 3.29. The van der Waals surface area contributed by atoms with Gasteiger partial charge in [0.25, 0.3) is 5.91 Å². The number of hydrogen-bond donors (Lipinski definition) is 1. The minimum atomic E-state index is -0.976. The summed E-state index contributed by atoms with van der Waals surface area (Å²) in [4.78, 5) is 41.1. The van der Waals surface area contributed by atoms with Crippen molar-refractivity contribution in [3.05, 3.63) is 83.4 Å². The smallest absolute Gasteiger partial charge is 0.328 e. The van der Waals surface area contributed by atoms with Crippen LogP contribution in [0.25, 0.3) is 21.8 Å². The monoisotopic (exact) mass is 541 g/mol. The first-order valence-corrected chi connectivity index (χ1v) is 12.7. The van der Waals surface area contributed by atoms with Crippen molar-refractivity contribution in [2.45, 2.75) is 25.4 Å². The van der Waals surface area contributed by atoms with Crippen LogP contribution in [0.15, 0.2) is 82.0 Å². The van der Waals surface area contributed by atoms with Crippen LogP contribution in [0, 0.1) is 0 Å². The number of aromatic nitrogens is 1. The normalized spacial score (nSPS) is 12.6. The fourth-order valence-corrected chi connectivity index (χ4v) is 4.68. The molecule has 0 aliphatic carbocycles. The lowest BCUT2D eigenvalue weighted by Gasteiger charge is -2.16. The van der Waals surface area contributed by atoms with Crippen LogP contribution in [0.2, 0.25) is 0 Å². The largest absolute Gasteiger partial charge is 0.469 e.